The van der Waals surface area contributed by atoms with Gasteiger partial charge >= 0.3 is 6.18 Å². The molecule has 1 N–H and O–H groups in total. The van der Waals surface area contributed by atoms with Gasteiger partial charge < -0.3 is 5.32 Å². The minimum absolute atomic E-state index is 0.411. The lowest BCUT2D eigenvalue weighted by atomic mass is 10.1. The number of hydrogen-bond donors (Lipinski definition) is 1. The zero-order valence-corrected chi connectivity index (χ0v) is 15.4. The van der Waals surface area contributed by atoms with Crippen LogP contribution in [-0.2, 0) is 6.18 Å². The van der Waals surface area contributed by atoms with Gasteiger partial charge in [-0.2, -0.15) is 13.2 Å². The molecule has 4 aromatic heterocycles. The van der Waals surface area contributed by atoms with E-state index in [0.717, 1.165) is 18.6 Å². The van der Waals surface area contributed by atoms with E-state index in [9.17, 15) is 17.6 Å². The van der Waals surface area contributed by atoms with Crippen molar-refractivity contribution in [3.05, 3.63) is 66.5 Å². The highest BCUT2D eigenvalue weighted by atomic mass is 19.4. The van der Waals surface area contributed by atoms with Crippen molar-refractivity contribution in [1.29, 1.82) is 0 Å². The minimum Gasteiger partial charge on any atom is -0.363 e. The van der Waals surface area contributed by atoms with Crippen LogP contribution in [0.15, 0.2) is 49.3 Å². The van der Waals surface area contributed by atoms with Gasteiger partial charge in [0.05, 0.1) is 23.3 Å². The fourth-order valence-electron chi connectivity index (χ4n) is 2.74. The monoisotopic (exact) mass is 415 g/mol. The number of halogens is 4. The Labute approximate surface area is 167 Å². The molecule has 0 fully saturated rings. The first kappa shape index (κ1) is 19.6. The Kier molecular flexibility index (Phi) is 4.94. The third-order valence-corrected chi connectivity index (χ3v) is 4.29. The zero-order chi connectivity index (χ0) is 21.3. The molecule has 0 radical (unpaired) electrons. The Morgan fingerprint density at radius 2 is 1.67 bits per heavy atom. The summed E-state index contributed by atoms with van der Waals surface area (Å²) < 4.78 is 51.1. The Bertz CT molecular complexity index is 1180. The summed E-state index contributed by atoms with van der Waals surface area (Å²) in [6.07, 6.45) is 1.61. The number of rotatable bonds is 4. The largest absolute Gasteiger partial charge is 0.451 e. The van der Waals surface area contributed by atoms with Crippen molar-refractivity contribution >= 4 is 16.9 Å². The van der Waals surface area contributed by atoms with Crippen LogP contribution in [0, 0.1) is 5.82 Å². The third kappa shape index (κ3) is 4.00. The second-order valence-corrected chi connectivity index (χ2v) is 6.38. The summed E-state index contributed by atoms with van der Waals surface area (Å²) in [5, 5.41) is 3.68. The molecule has 4 rings (SSSR count). The molecule has 0 saturated carbocycles. The van der Waals surface area contributed by atoms with Gasteiger partial charge in [-0.15, -0.1) is 0 Å². The van der Waals surface area contributed by atoms with E-state index in [4.69, 9.17) is 0 Å². The highest BCUT2D eigenvalue weighted by molar-refractivity contribution is 5.89. The Balaban J connectivity index is 1.65. The van der Waals surface area contributed by atoms with E-state index >= 15 is 0 Å². The predicted octanol–water partition coefficient (Wildman–Crippen LogP) is 4.21. The maximum atomic E-state index is 13.1. The molecule has 7 nitrogen and oxygen atoms in total. The van der Waals surface area contributed by atoms with Gasteiger partial charge in [-0.25, -0.2) is 29.3 Å². The molecular formula is C19H13F4N7. The topological polar surface area (TPSA) is 89.4 Å². The van der Waals surface area contributed by atoms with Gasteiger partial charge in [0.25, 0.3) is 0 Å². The van der Waals surface area contributed by atoms with Gasteiger partial charge in [-0.05, 0) is 25.1 Å². The van der Waals surface area contributed by atoms with Crippen LogP contribution in [0.3, 0.4) is 0 Å². The summed E-state index contributed by atoms with van der Waals surface area (Å²) in [4.78, 5) is 23.4. The first-order valence-corrected chi connectivity index (χ1v) is 8.69. The standard InChI is InChI=1S/C19H13F4N7/c1-10(12-6-26-18(27-7-12)19(21,22)23)30-17-14-4-11(5-25-16(14)28-9-29-17)15-3-2-13(20)8-24-15/h2-10H,1H3,(H,25,28,29,30). The number of alkyl halides is 3. The van der Waals surface area contributed by atoms with Crippen LogP contribution >= 0.6 is 0 Å². The van der Waals surface area contributed by atoms with Crippen molar-refractivity contribution < 1.29 is 17.6 Å². The number of pyridine rings is 2. The van der Waals surface area contributed by atoms with Crippen LogP contribution in [0.5, 0.6) is 0 Å². The van der Waals surface area contributed by atoms with Crippen LogP contribution in [0.2, 0.25) is 0 Å². The molecule has 0 aliphatic heterocycles. The molecule has 1 atom stereocenters. The van der Waals surface area contributed by atoms with Gasteiger partial charge in [-0.1, -0.05) is 0 Å². The Hall–Kier alpha value is -3.76. The Morgan fingerprint density at radius 3 is 2.33 bits per heavy atom. The lowest BCUT2D eigenvalue weighted by Gasteiger charge is -2.16. The number of hydrogen-bond acceptors (Lipinski definition) is 7. The van der Waals surface area contributed by atoms with Gasteiger partial charge in [0.15, 0.2) is 5.65 Å². The molecule has 152 valence electrons. The lowest BCUT2D eigenvalue weighted by molar-refractivity contribution is -0.145. The summed E-state index contributed by atoms with van der Waals surface area (Å²) in [6.45, 7) is 1.73. The summed E-state index contributed by atoms with van der Waals surface area (Å²) in [7, 11) is 0. The summed E-state index contributed by atoms with van der Waals surface area (Å²) in [5.74, 6) is -1.23. The highest BCUT2D eigenvalue weighted by Gasteiger charge is 2.34. The van der Waals surface area contributed by atoms with E-state index in [1.54, 1.807) is 19.2 Å². The second-order valence-electron chi connectivity index (χ2n) is 6.38. The van der Waals surface area contributed by atoms with Crippen LogP contribution in [0.25, 0.3) is 22.3 Å². The van der Waals surface area contributed by atoms with Crippen molar-refractivity contribution in [2.75, 3.05) is 5.32 Å². The number of aromatic nitrogens is 6. The molecule has 0 aliphatic carbocycles. The first-order chi connectivity index (χ1) is 14.3. The van der Waals surface area contributed by atoms with Gasteiger partial charge in [0.2, 0.25) is 5.82 Å². The Morgan fingerprint density at radius 1 is 0.900 bits per heavy atom. The molecule has 0 bridgehead atoms. The van der Waals surface area contributed by atoms with Crippen molar-refractivity contribution in [3.63, 3.8) is 0 Å². The molecule has 30 heavy (non-hydrogen) atoms. The minimum atomic E-state index is -4.60. The SMILES string of the molecule is CC(Nc1ncnc2ncc(-c3ccc(F)cn3)cc12)c1cnc(C(F)(F)F)nc1. The van der Waals surface area contributed by atoms with E-state index in [1.165, 1.54) is 18.5 Å². The van der Waals surface area contributed by atoms with Crippen molar-refractivity contribution in [2.45, 2.75) is 19.1 Å². The van der Waals surface area contributed by atoms with Crippen molar-refractivity contribution in [3.8, 4) is 11.3 Å². The lowest BCUT2D eigenvalue weighted by Crippen LogP contribution is -2.14. The fourth-order valence-corrected chi connectivity index (χ4v) is 2.74. The zero-order valence-electron chi connectivity index (χ0n) is 15.4. The first-order valence-electron chi connectivity index (χ1n) is 8.69. The third-order valence-electron chi connectivity index (χ3n) is 4.29. The molecule has 0 amide bonds. The predicted molar refractivity (Wildman–Crippen MR) is 99.6 cm³/mol. The van der Waals surface area contributed by atoms with E-state index in [-0.39, 0.29) is 0 Å². The van der Waals surface area contributed by atoms with Crippen LogP contribution in [0.4, 0.5) is 23.4 Å². The smallest absolute Gasteiger partial charge is 0.363 e. The van der Waals surface area contributed by atoms with Gasteiger partial charge in [-0.3, -0.25) is 4.98 Å². The summed E-state index contributed by atoms with van der Waals surface area (Å²) in [6, 6.07) is 4.12. The molecule has 0 aromatic carbocycles. The van der Waals surface area contributed by atoms with Crippen molar-refractivity contribution in [2.24, 2.45) is 0 Å². The van der Waals surface area contributed by atoms with Gasteiger partial charge in [0, 0.05) is 29.7 Å². The summed E-state index contributed by atoms with van der Waals surface area (Å²) >= 11 is 0. The summed E-state index contributed by atoms with van der Waals surface area (Å²) in [5.41, 5.74) is 2.00. The van der Waals surface area contributed by atoms with Crippen LogP contribution < -0.4 is 5.32 Å². The number of nitrogens with zero attached hydrogens (tertiary/aromatic N) is 6. The normalized spacial score (nSPS) is 12.7. The molecule has 11 heteroatoms. The maximum absolute atomic E-state index is 13.1. The quantitative estimate of drug-likeness (QED) is 0.500. The van der Waals surface area contributed by atoms with E-state index in [0.29, 0.717) is 33.7 Å². The fraction of sp³-hybridized carbons (Fsp3) is 0.158. The number of fused-ring (bicyclic) bond motifs is 1. The molecule has 0 spiro atoms. The van der Waals surface area contributed by atoms with Gasteiger partial charge in [0.1, 0.15) is 18.0 Å². The maximum Gasteiger partial charge on any atom is 0.451 e. The van der Waals surface area contributed by atoms with Crippen LogP contribution in [-0.4, -0.2) is 29.9 Å². The van der Waals surface area contributed by atoms with E-state index in [2.05, 4.69) is 35.2 Å². The molecule has 0 aliphatic rings. The van der Waals surface area contributed by atoms with E-state index in [1.807, 2.05) is 0 Å². The molecule has 4 aromatic rings. The molecule has 1 unspecified atom stereocenters. The average Bonchev–Trinajstić information content (AvgIpc) is 2.74. The number of nitrogens with one attached hydrogen (secondary N) is 1. The van der Waals surface area contributed by atoms with Crippen molar-refractivity contribution in [1.82, 2.24) is 29.9 Å². The average molecular weight is 415 g/mol. The molecule has 0 saturated heterocycles. The second kappa shape index (κ2) is 7.58. The van der Waals surface area contributed by atoms with E-state index < -0.39 is 23.9 Å². The van der Waals surface area contributed by atoms with Crippen LogP contribution in [0.1, 0.15) is 24.4 Å². The molecular weight excluding hydrogens is 402 g/mol. The molecule has 4 heterocycles. The highest BCUT2D eigenvalue weighted by Crippen LogP contribution is 2.28. The number of anilines is 1.